The quantitative estimate of drug-likeness (QED) is 0.904. The van der Waals surface area contributed by atoms with Crippen LogP contribution in [-0.2, 0) is 0 Å². The average molecular weight is 281 g/mol. The van der Waals surface area contributed by atoms with E-state index in [1.54, 1.807) is 12.1 Å². The van der Waals surface area contributed by atoms with Crippen LogP contribution in [0.3, 0.4) is 0 Å². The van der Waals surface area contributed by atoms with Gasteiger partial charge < -0.3 is 14.7 Å². The fourth-order valence-electron chi connectivity index (χ4n) is 2.35. The standard InChI is InChI=1S/C14H19NO3S/c1-9-7-15(8-10(2)19-9)14(17)11-4-5-13(18-3)12(16)6-11/h4-6,9-10,16H,7-8H2,1-3H3. The van der Waals surface area contributed by atoms with Gasteiger partial charge in [-0.2, -0.15) is 11.8 Å². The second-order valence-electron chi connectivity index (χ2n) is 4.85. The van der Waals surface area contributed by atoms with Gasteiger partial charge in [0, 0.05) is 29.2 Å². The SMILES string of the molecule is COc1ccc(C(=O)N2CC(C)SC(C)C2)cc1O. The highest BCUT2D eigenvalue weighted by molar-refractivity contribution is 8.00. The molecule has 2 rings (SSSR count). The molecule has 1 aromatic rings. The molecule has 1 aliphatic rings. The lowest BCUT2D eigenvalue weighted by molar-refractivity contribution is 0.0753. The third kappa shape index (κ3) is 3.15. The van der Waals surface area contributed by atoms with Crippen LogP contribution in [-0.4, -0.2) is 46.6 Å². The van der Waals surface area contributed by atoms with E-state index in [0.717, 1.165) is 13.1 Å². The Labute approximate surface area is 117 Å². The number of amides is 1. The van der Waals surface area contributed by atoms with E-state index in [0.29, 0.717) is 21.8 Å². The molecule has 19 heavy (non-hydrogen) atoms. The van der Waals surface area contributed by atoms with E-state index in [1.807, 2.05) is 16.7 Å². The maximum Gasteiger partial charge on any atom is 0.254 e. The first-order valence-corrected chi connectivity index (χ1v) is 7.27. The predicted octanol–water partition coefficient (Wildman–Crippen LogP) is 2.37. The van der Waals surface area contributed by atoms with Gasteiger partial charge in [-0.15, -0.1) is 0 Å². The van der Waals surface area contributed by atoms with Gasteiger partial charge in [-0.1, -0.05) is 13.8 Å². The van der Waals surface area contributed by atoms with Crippen LogP contribution in [0.15, 0.2) is 18.2 Å². The maximum absolute atomic E-state index is 12.4. The average Bonchev–Trinajstić information content (AvgIpc) is 2.36. The summed E-state index contributed by atoms with van der Waals surface area (Å²) in [6, 6.07) is 4.78. The Morgan fingerprint density at radius 2 is 2.00 bits per heavy atom. The maximum atomic E-state index is 12.4. The molecule has 1 saturated heterocycles. The molecule has 2 atom stereocenters. The Kier molecular flexibility index (Phi) is 4.24. The lowest BCUT2D eigenvalue weighted by Crippen LogP contribution is -2.44. The zero-order valence-electron chi connectivity index (χ0n) is 11.4. The molecule has 1 N–H and O–H groups in total. The van der Waals surface area contributed by atoms with Gasteiger partial charge in [0.2, 0.25) is 0 Å². The Morgan fingerprint density at radius 3 is 2.53 bits per heavy atom. The molecule has 1 heterocycles. The highest BCUT2D eigenvalue weighted by Gasteiger charge is 2.26. The van der Waals surface area contributed by atoms with Crippen molar-refractivity contribution < 1.29 is 14.6 Å². The summed E-state index contributed by atoms with van der Waals surface area (Å²) in [5.74, 6) is 0.352. The number of ether oxygens (including phenoxy) is 1. The number of phenolic OH excluding ortho intramolecular Hbond substituents is 1. The number of nitrogens with zero attached hydrogens (tertiary/aromatic N) is 1. The topological polar surface area (TPSA) is 49.8 Å². The van der Waals surface area contributed by atoms with E-state index in [2.05, 4.69) is 13.8 Å². The number of thioether (sulfide) groups is 1. The summed E-state index contributed by atoms with van der Waals surface area (Å²) in [5, 5.41) is 10.6. The summed E-state index contributed by atoms with van der Waals surface area (Å²) in [5.41, 5.74) is 0.504. The number of hydrogen-bond donors (Lipinski definition) is 1. The first-order chi connectivity index (χ1) is 9.01. The van der Waals surface area contributed by atoms with Gasteiger partial charge in [0.15, 0.2) is 11.5 Å². The van der Waals surface area contributed by atoms with Crippen molar-refractivity contribution in [3.05, 3.63) is 23.8 Å². The molecule has 4 nitrogen and oxygen atoms in total. The smallest absolute Gasteiger partial charge is 0.254 e. The van der Waals surface area contributed by atoms with E-state index in [1.165, 1.54) is 13.2 Å². The van der Waals surface area contributed by atoms with Crippen molar-refractivity contribution >= 4 is 17.7 Å². The van der Waals surface area contributed by atoms with Crippen molar-refractivity contribution in [2.24, 2.45) is 0 Å². The summed E-state index contributed by atoms with van der Waals surface area (Å²) in [4.78, 5) is 14.3. The van der Waals surface area contributed by atoms with Gasteiger partial charge in [-0.3, -0.25) is 4.79 Å². The summed E-state index contributed by atoms with van der Waals surface area (Å²) in [6.45, 7) is 5.76. The van der Waals surface area contributed by atoms with Gasteiger partial charge in [0.25, 0.3) is 5.91 Å². The number of carbonyl (C=O) groups is 1. The molecule has 104 valence electrons. The van der Waals surface area contributed by atoms with Gasteiger partial charge >= 0.3 is 0 Å². The molecule has 1 fully saturated rings. The van der Waals surface area contributed by atoms with Crippen LogP contribution in [0.1, 0.15) is 24.2 Å². The van der Waals surface area contributed by atoms with Crippen molar-refractivity contribution in [2.45, 2.75) is 24.3 Å². The second kappa shape index (κ2) is 5.74. The van der Waals surface area contributed by atoms with E-state index in [9.17, 15) is 9.90 Å². The molecule has 0 radical (unpaired) electrons. The highest BCUT2D eigenvalue weighted by atomic mass is 32.2. The van der Waals surface area contributed by atoms with Gasteiger partial charge in [0.05, 0.1) is 7.11 Å². The zero-order chi connectivity index (χ0) is 14.0. The molecular weight excluding hydrogens is 262 g/mol. The molecule has 0 saturated carbocycles. The van der Waals surface area contributed by atoms with Gasteiger partial charge in [-0.05, 0) is 18.2 Å². The Morgan fingerprint density at radius 1 is 1.37 bits per heavy atom. The van der Waals surface area contributed by atoms with E-state index >= 15 is 0 Å². The molecule has 0 spiro atoms. The van der Waals surface area contributed by atoms with Crippen LogP contribution in [0.25, 0.3) is 0 Å². The molecule has 1 aliphatic heterocycles. The minimum atomic E-state index is -0.0306. The number of phenols is 1. The number of benzene rings is 1. The van der Waals surface area contributed by atoms with Crippen LogP contribution in [0, 0.1) is 0 Å². The normalized spacial score (nSPS) is 23.2. The summed E-state index contributed by atoms with van der Waals surface area (Å²) in [6.07, 6.45) is 0. The first-order valence-electron chi connectivity index (χ1n) is 6.33. The minimum absolute atomic E-state index is 0.000770. The zero-order valence-corrected chi connectivity index (χ0v) is 12.2. The lowest BCUT2D eigenvalue weighted by atomic mass is 10.1. The Balaban J connectivity index is 2.17. The number of methoxy groups -OCH3 is 1. The third-order valence-electron chi connectivity index (χ3n) is 3.13. The summed E-state index contributed by atoms with van der Waals surface area (Å²) < 4.78 is 4.98. The van der Waals surface area contributed by atoms with Crippen LogP contribution in [0.5, 0.6) is 11.5 Å². The number of hydrogen-bond acceptors (Lipinski definition) is 4. The Hall–Kier alpha value is -1.36. The predicted molar refractivity (Wildman–Crippen MR) is 77.1 cm³/mol. The van der Waals surface area contributed by atoms with E-state index in [-0.39, 0.29) is 11.7 Å². The van der Waals surface area contributed by atoms with Crippen LogP contribution in [0.2, 0.25) is 0 Å². The van der Waals surface area contributed by atoms with Crippen LogP contribution in [0.4, 0.5) is 0 Å². The molecule has 2 unspecified atom stereocenters. The van der Waals surface area contributed by atoms with Crippen molar-refractivity contribution in [1.82, 2.24) is 4.90 Å². The summed E-state index contributed by atoms with van der Waals surface area (Å²) >= 11 is 1.90. The largest absolute Gasteiger partial charge is 0.504 e. The fraction of sp³-hybridized carbons (Fsp3) is 0.500. The molecule has 5 heteroatoms. The number of aromatic hydroxyl groups is 1. The van der Waals surface area contributed by atoms with E-state index in [4.69, 9.17) is 4.74 Å². The monoisotopic (exact) mass is 281 g/mol. The summed E-state index contributed by atoms with van der Waals surface area (Å²) in [7, 11) is 1.49. The Bertz CT molecular complexity index is 468. The van der Waals surface area contributed by atoms with Crippen LogP contribution >= 0.6 is 11.8 Å². The lowest BCUT2D eigenvalue weighted by Gasteiger charge is -2.34. The van der Waals surface area contributed by atoms with Crippen molar-refractivity contribution in [3.63, 3.8) is 0 Å². The molecule has 0 aliphatic carbocycles. The van der Waals surface area contributed by atoms with Crippen molar-refractivity contribution in [3.8, 4) is 11.5 Å². The molecular formula is C14H19NO3S. The second-order valence-corrected chi connectivity index (χ2v) is 6.74. The fourth-order valence-corrected chi connectivity index (χ4v) is 3.67. The molecule has 0 bridgehead atoms. The third-order valence-corrected chi connectivity index (χ3v) is 4.36. The van der Waals surface area contributed by atoms with Crippen molar-refractivity contribution in [2.75, 3.05) is 20.2 Å². The van der Waals surface area contributed by atoms with Gasteiger partial charge in [0.1, 0.15) is 0 Å². The molecule has 0 aromatic heterocycles. The van der Waals surface area contributed by atoms with Crippen LogP contribution < -0.4 is 4.74 Å². The van der Waals surface area contributed by atoms with Crippen molar-refractivity contribution in [1.29, 1.82) is 0 Å². The first kappa shape index (κ1) is 14.1. The minimum Gasteiger partial charge on any atom is -0.504 e. The van der Waals surface area contributed by atoms with Gasteiger partial charge in [-0.25, -0.2) is 0 Å². The highest BCUT2D eigenvalue weighted by Crippen LogP contribution is 2.29. The number of carbonyl (C=O) groups excluding carboxylic acids is 1. The molecule has 1 amide bonds. The van der Waals surface area contributed by atoms with E-state index < -0.39 is 0 Å². The number of rotatable bonds is 2. The molecule has 1 aromatic carbocycles.